The zero-order valence-electron chi connectivity index (χ0n) is 14.1. The van der Waals surface area contributed by atoms with Crippen molar-refractivity contribution in [3.63, 3.8) is 0 Å². The zero-order chi connectivity index (χ0) is 18.1. The summed E-state index contributed by atoms with van der Waals surface area (Å²) >= 11 is 0. The van der Waals surface area contributed by atoms with Crippen LogP contribution in [0.25, 0.3) is 11.0 Å². The second kappa shape index (κ2) is 6.63. The van der Waals surface area contributed by atoms with Gasteiger partial charge in [-0.15, -0.1) is 0 Å². The summed E-state index contributed by atoms with van der Waals surface area (Å²) in [5, 5.41) is 12.3. The van der Waals surface area contributed by atoms with Crippen LogP contribution in [0.3, 0.4) is 0 Å². The second-order valence-corrected chi connectivity index (χ2v) is 6.66. The molecule has 1 aliphatic rings. The lowest BCUT2D eigenvalue weighted by Gasteiger charge is -2.33. The van der Waals surface area contributed by atoms with E-state index in [2.05, 4.69) is 15.3 Å². The van der Waals surface area contributed by atoms with Crippen molar-refractivity contribution in [2.24, 2.45) is 11.8 Å². The minimum absolute atomic E-state index is 0.206. The molecule has 0 spiro atoms. The molecule has 1 fully saturated rings. The van der Waals surface area contributed by atoms with Gasteiger partial charge in [-0.2, -0.15) is 0 Å². The van der Waals surface area contributed by atoms with Gasteiger partial charge in [0.2, 0.25) is 5.91 Å². The molecule has 4 rings (SSSR count). The Balaban J connectivity index is 1.65. The largest absolute Gasteiger partial charge is 0.481 e. The number of hydrogen-bond acceptors (Lipinski definition) is 3. The molecule has 0 saturated heterocycles. The molecule has 3 aromatic rings. The predicted molar refractivity (Wildman–Crippen MR) is 96.4 cm³/mol. The number of carboxylic acids is 1. The van der Waals surface area contributed by atoms with Gasteiger partial charge in [-0.1, -0.05) is 36.4 Å². The van der Waals surface area contributed by atoms with Crippen LogP contribution in [0, 0.1) is 11.8 Å². The van der Waals surface area contributed by atoms with Gasteiger partial charge in [-0.05, 0) is 36.1 Å². The Hall–Kier alpha value is -3.15. The Labute approximate surface area is 150 Å². The van der Waals surface area contributed by atoms with Crippen LogP contribution in [0.2, 0.25) is 0 Å². The first kappa shape index (κ1) is 16.3. The first-order valence-corrected chi connectivity index (χ1v) is 8.64. The number of nitrogens with one attached hydrogen (secondary N) is 2. The highest BCUT2D eigenvalue weighted by Crippen LogP contribution is 2.35. The molecule has 1 heterocycles. The van der Waals surface area contributed by atoms with Crippen LogP contribution < -0.4 is 5.32 Å². The summed E-state index contributed by atoms with van der Waals surface area (Å²) in [6.07, 6.45) is 2.81. The molecule has 1 aromatic heterocycles. The molecule has 1 saturated carbocycles. The molecule has 6 heteroatoms. The third kappa shape index (κ3) is 2.94. The van der Waals surface area contributed by atoms with Gasteiger partial charge in [0.1, 0.15) is 0 Å². The lowest BCUT2D eigenvalue weighted by atomic mass is 9.73. The van der Waals surface area contributed by atoms with Gasteiger partial charge in [0.25, 0.3) is 0 Å². The molecule has 1 amide bonds. The fourth-order valence-corrected chi connectivity index (χ4v) is 3.50. The van der Waals surface area contributed by atoms with Crippen molar-refractivity contribution in [2.75, 3.05) is 0 Å². The number of carboxylic acid groups (broad SMARTS) is 1. The number of carbonyl (C=O) groups excluding carboxylic acids is 1. The van der Waals surface area contributed by atoms with E-state index in [9.17, 15) is 14.7 Å². The van der Waals surface area contributed by atoms with Gasteiger partial charge in [-0.25, -0.2) is 4.98 Å². The molecule has 3 atom stereocenters. The van der Waals surface area contributed by atoms with E-state index in [1.54, 1.807) is 6.33 Å². The number of rotatable bonds is 5. The van der Waals surface area contributed by atoms with Crippen LogP contribution in [0.1, 0.15) is 30.0 Å². The number of nitrogens with zero attached hydrogens (tertiary/aromatic N) is 1. The molecule has 26 heavy (non-hydrogen) atoms. The fraction of sp³-hybridized carbons (Fsp3) is 0.250. The molecule has 3 N–H and O–H groups in total. The number of hydrogen-bond donors (Lipinski definition) is 3. The van der Waals surface area contributed by atoms with Gasteiger partial charge >= 0.3 is 5.97 Å². The standard InChI is InChI=1S/C20H19N3O3/c24-19(14-7-8-15(14)20(25)26)23-18(12-4-2-1-3-5-12)13-6-9-16-17(10-13)22-11-21-16/h1-6,9-11,14-15,18H,7-8H2,(H,21,22)(H,23,24)(H,25,26). The smallest absolute Gasteiger partial charge is 0.307 e. The van der Waals surface area contributed by atoms with Gasteiger partial charge in [-0.3, -0.25) is 9.59 Å². The lowest BCUT2D eigenvalue weighted by molar-refractivity contribution is -0.152. The van der Waals surface area contributed by atoms with Crippen LogP contribution in [0.4, 0.5) is 0 Å². The Morgan fingerprint density at radius 1 is 1.08 bits per heavy atom. The minimum atomic E-state index is -0.897. The third-order valence-corrected chi connectivity index (χ3v) is 5.13. The monoisotopic (exact) mass is 349 g/mol. The summed E-state index contributed by atoms with van der Waals surface area (Å²) < 4.78 is 0. The number of aromatic nitrogens is 2. The quantitative estimate of drug-likeness (QED) is 0.660. The van der Waals surface area contributed by atoms with Crippen LogP contribution >= 0.6 is 0 Å². The number of benzene rings is 2. The summed E-state index contributed by atoms with van der Waals surface area (Å²) in [5.41, 5.74) is 3.62. The van der Waals surface area contributed by atoms with Crippen molar-refractivity contribution in [3.05, 3.63) is 66.0 Å². The molecular weight excluding hydrogens is 330 g/mol. The molecule has 0 radical (unpaired) electrons. The van der Waals surface area contributed by atoms with Crippen LogP contribution in [0.5, 0.6) is 0 Å². The Morgan fingerprint density at radius 3 is 2.54 bits per heavy atom. The average Bonchev–Trinajstić information content (AvgIpc) is 3.06. The maximum absolute atomic E-state index is 12.7. The van der Waals surface area contributed by atoms with E-state index >= 15 is 0 Å². The van der Waals surface area contributed by atoms with Crippen molar-refractivity contribution >= 4 is 22.9 Å². The number of amides is 1. The third-order valence-electron chi connectivity index (χ3n) is 5.13. The maximum atomic E-state index is 12.7. The normalized spacial score (nSPS) is 20.3. The highest BCUT2D eigenvalue weighted by Gasteiger charge is 2.42. The van der Waals surface area contributed by atoms with Crippen LogP contribution in [-0.2, 0) is 9.59 Å². The van der Waals surface area contributed by atoms with Gasteiger partial charge in [0.15, 0.2) is 0 Å². The highest BCUT2D eigenvalue weighted by atomic mass is 16.4. The summed E-state index contributed by atoms with van der Waals surface area (Å²) in [4.78, 5) is 31.3. The average molecular weight is 349 g/mol. The first-order chi connectivity index (χ1) is 12.6. The summed E-state index contributed by atoms with van der Waals surface area (Å²) in [6, 6.07) is 15.2. The van der Waals surface area contributed by atoms with Crippen LogP contribution in [-0.4, -0.2) is 27.0 Å². The molecule has 6 nitrogen and oxygen atoms in total. The number of carbonyl (C=O) groups is 2. The topological polar surface area (TPSA) is 95.1 Å². The molecule has 1 aliphatic carbocycles. The van der Waals surface area contributed by atoms with E-state index < -0.39 is 17.8 Å². The van der Waals surface area contributed by atoms with Gasteiger partial charge < -0.3 is 15.4 Å². The summed E-state index contributed by atoms with van der Waals surface area (Å²) in [7, 11) is 0. The van der Waals surface area contributed by atoms with E-state index in [1.165, 1.54) is 0 Å². The zero-order valence-corrected chi connectivity index (χ0v) is 14.1. The number of imidazole rings is 1. The summed E-state index contributed by atoms with van der Waals surface area (Å²) in [5.74, 6) is -2.15. The number of aromatic amines is 1. The van der Waals surface area contributed by atoms with Crippen molar-refractivity contribution in [2.45, 2.75) is 18.9 Å². The first-order valence-electron chi connectivity index (χ1n) is 8.64. The van der Waals surface area contributed by atoms with E-state index in [-0.39, 0.29) is 11.9 Å². The van der Waals surface area contributed by atoms with Crippen LogP contribution in [0.15, 0.2) is 54.9 Å². The van der Waals surface area contributed by atoms with Crippen molar-refractivity contribution in [3.8, 4) is 0 Å². The molecule has 132 valence electrons. The maximum Gasteiger partial charge on any atom is 0.307 e. The number of H-pyrrole nitrogens is 1. The van der Waals surface area contributed by atoms with Gasteiger partial charge in [0, 0.05) is 0 Å². The van der Waals surface area contributed by atoms with Crippen molar-refractivity contribution in [1.29, 1.82) is 0 Å². The molecule has 0 bridgehead atoms. The Kier molecular flexibility index (Phi) is 4.16. The fourth-order valence-electron chi connectivity index (χ4n) is 3.50. The highest BCUT2D eigenvalue weighted by molar-refractivity contribution is 5.87. The second-order valence-electron chi connectivity index (χ2n) is 6.66. The van der Waals surface area contributed by atoms with E-state index in [0.717, 1.165) is 22.2 Å². The van der Waals surface area contributed by atoms with Crippen molar-refractivity contribution < 1.29 is 14.7 Å². The number of aliphatic carboxylic acids is 1. The van der Waals surface area contributed by atoms with Gasteiger partial charge in [0.05, 0.1) is 35.2 Å². The minimum Gasteiger partial charge on any atom is -0.481 e. The molecule has 2 aromatic carbocycles. The molecular formula is C20H19N3O3. The Bertz CT molecular complexity index is 951. The molecule has 0 aliphatic heterocycles. The lowest BCUT2D eigenvalue weighted by Crippen LogP contribution is -2.45. The number of fused-ring (bicyclic) bond motifs is 1. The Morgan fingerprint density at radius 2 is 1.85 bits per heavy atom. The summed E-state index contributed by atoms with van der Waals surface area (Å²) in [6.45, 7) is 0. The SMILES string of the molecule is O=C(O)C1CCC1C(=O)NC(c1ccccc1)c1ccc2nc[nH]c2c1. The van der Waals surface area contributed by atoms with E-state index in [0.29, 0.717) is 12.8 Å². The predicted octanol–water partition coefficient (Wildman–Crippen LogP) is 2.88. The van der Waals surface area contributed by atoms with E-state index in [4.69, 9.17) is 0 Å². The van der Waals surface area contributed by atoms with Crippen molar-refractivity contribution in [1.82, 2.24) is 15.3 Å². The molecule has 3 unspecified atom stereocenters. The van der Waals surface area contributed by atoms with E-state index in [1.807, 2.05) is 48.5 Å².